The minimum absolute atomic E-state index is 0.111. The lowest BCUT2D eigenvalue weighted by molar-refractivity contribution is -0.167. The molecular weight excluding hydrogens is 312 g/mol. The maximum absolute atomic E-state index is 11.8. The summed E-state index contributed by atoms with van der Waals surface area (Å²) in [6.45, 7) is 3.73. The van der Waals surface area contributed by atoms with Gasteiger partial charge in [-0.1, -0.05) is 18.4 Å². The van der Waals surface area contributed by atoms with Gasteiger partial charge in [0.2, 0.25) is 0 Å². The Bertz CT molecular complexity index is 684. The first-order chi connectivity index (χ1) is 11.9. The van der Waals surface area contributed by atoms with Crippen molar-refractivity contribution in [3.63, 3.8) is 0 Å². The number of allylic oxidation sites excluding steroid dienone is 1. The van der Waals surface area contributed by atoms with Gasteiger partial charge in [-0.05, 0) is 74.7 Å². The molecule has 0 radical (unpaired) electrons. The number of esters is 1. The van der Waals surface area contributed by atoms with Gasteiger partial charge in [-0.15, -0.1) is 6.42 Å². The minimum Gasteiger partial charge on any atom is -0.445 e. The molecule has 3 heteroatoms. The van der Waals surface area contributed by atoms with Crippen LogP contribution in [-0.4, -0.2) is 17.4 Å². The van der Waals surface area contributed by atoms with Crippen LogP contribution in [0.3, 0.4) is 0 Å². The molecule has 3 fully saturated rings. The Balaban J connectivity index is 1.64. The highest BCUT2D eigenvalue weighted by Gasteiger charge is 2.64. The minimum atomic E-state index is -0.729. The summed E-state index contributed by atoms with van der Waals surface area (Å²) in [5.41, 5.74) is 0.565. The molecule has 0 saturated heterocycles. The lowest BCUT2D eigenvalue weighted by Crippen LogP contribution is -2.53. The molecule has 0 heterocycles. The Morgan fingerprint density at radius 1 is 1.20 bits per heavy atom. The van der Waals surface area contributed by atoms with Gasteiger partial charge in [-0.3, -0.25) is 9.59 Å². The van der Waals surface area contributed by atoms with Gasteiger partial charge in [0.15, 0.2) is 11.4 Å². The van der Waals surface area contributed by atoms with Crippen LogP contribution in [0.1, 0.15) is 65.2 Å². The van der Waals surface area contributed by atoms with Gasteiger partial charge in [-0.2, -0.15) is 0 Å². The van der Waals surface area contributed by atoms with E-state index in [0.29, 0.717) is 35.9 Å². The standard InChI is InChI=1S/C22H28O3/c1-4-22(25-14(2)23)12-10-20-19-7-5-15-13-16(24)6-8-17(15)18(19)9-11-21(20,22)3/h1,13,17-20H,5-12H2,2-3H3/t17-,18-,19+,20+,21+,22-/m0/s1. The predicted octanol–water partition coefficient (Wildman–Crippen LogP) is 4.06. The Hall–Kier alpha value is -1.56. The van der Waals surface area contributed by atoms with Crippen molar-refractivity contribution in [1.82, 2.24) is 0 Å². The molecule has 0 aromatic rings. The molecule has 0 aromatic carbocycles. The van der Waals surface area contributed by atoms with Gasteiger partial charge in [0.05, 0.1) is 0 Å². The maximum Gasteiger partial charge on any atom is 0.304 e. The third-order valence-corrected chi connectivity index (χ3v) is 7.97. The number of hydrogen-bond acceptors (Lipinski definition) is 3. The fourth-order valence-electron chi connectivity index (χ4n) is 6.86. The van der Waals surface area contributed by atoms with E-state index in [1.165, 1.54) is 12.5 Å². The second-order valence-corrected chi connectivity index (χ2v) is 8.86. The largest absolute Gasteiger partial charge is 0.445 e. The van der Waals surface area contributed by atoms with Crippen LogP contribution in [-0.2, 0) is 14.3 Å². The number of fused-ring (bicyclic) bond motifs is 5. The fourth-order valence-corrected chi connectivity index (χ4v) is 6.86. The summed E-state index contributed by atoms with van der Waals surface area (Å²) in [5, 5.41) is 0. The number of carbonyl (C=O) groups is 2. The molecule has 25 heavy (non-hydrogen) atoms. The van der Waals surface area contributed by atoms with E-state index in [1.807, 2.05) is 6.08 Å². The van der Waals surface area contributed by atoms with Crippen molar-refractivity contribution in [3.05, 3.63) is 11.6 Å². The van der Waals surface area contributed by atoms with Crippen molar-refractivity contribution < 1.29 is 14.3 Å². The molecule has 0 spiro atoms. The van der Waals surface area contributed by atoms with Crippen molar-refractivity contribution in [1.29, 1.82) is 0 Å². The third kappa shape index (κ3) is 2.33. The number of carbonyl (C=O) groups excluding carboxylic acids is 2. The van der Waals surface area contributed by atoms with Gasteiger partial charge in [0.25, 0.3) is 0 Å². The second kappa shape index (κ2) is 5.73. The van der Waals surface area contributed by atoms with Gasteiger partial charge >= 0.3 is 5.97 Å². The van der Waals surface area contributed by atoms with Crippen LogP contribution in [0.4, 0.5) is 0 Å². The van der Waals surface area contributed by atoms with Gasteiger partial charge in [0, 0.05) is 18.8 Å². The highest BCUT2D eigenvalue weighted by atomic mass is 16.6. The number of ketones is 1. The molecular formula is C22H28O3. The zero-order valence-corrected chi connectivity index (χ0v) is 15.3. The molecule has 0 amide bonds. The van der Waals surface area contributed by atoms with Crippen LogP contribution < -0.4 is 0 Å². The van der Waals surface area contributed by atoms with Gasteiger partial charge < -0.3 is 4.74 Å². The SMILES string of the molecule is C#C[C@]1(OC(C)=O)CC[C@@H]2[C@@H]3CCC4=CC(=O)CC[C@@H]4[C@@H]3CC[C@]21C. The first-order valence-electron chi connectivity index (χ1n) is 9.81. The lowest BCUT2D eigenvalue weighted by Gasteiger charge is -2.55. The molecule has 4 aliphatic rings. The molecule has 4 aliphatic carbocycles. The van der Waals surface area contributed by atoms with E-state index in [1.54, 1.807) is 0 Å². The van der Waals surface area contributed by atoms with E-state index in [0.717, 1.165) is 44.9 Å². The average Bonchev–Trinajstić information content (AvgIpc) is 2.87. The number of hydrogen-bond donors (Lipinski definition) is 0. The topological polar surface area (TPSA) is 43.4 Å². The third-order valence-electron chi connectivity index (χ3n) is 7.97. The molecule has 0 bridgehead atoms. The van der Waals surface area contributed by atoms with Crippen molar-refractivity contribution in [2.75, 3.05) is 0 Å². The molecule has 4 rings (SSSR count). The van der Waals surface area contributed by atoms with E-state index in [2.05, 4.69) is 12.8 Å². The number of terminal acetylenes is 1. The van der Waals surface area contributed by atoms with Crippen LogP contribution in [0.25, 0.3) is 0 Å². The van der Waals surface area contributed by atoms with Crippen LogP contribution in [0.5, 0.6) is 0 Å². The smallest absolute Gasteiger partial charge is 0.304 e. The zero-order valence-electron chi connectivity index (χ0n) is 15.3. The maximum atomic E-state index is 11.8. The van der Waals surface area contributed by atoms with E-state index >= 15 is 0 Å². The van der Waals surface area contributed by atoms with Crippen LogP contribution >= 0.6 is 0 Å². The fraction of sp³-hybridized carbons (Fsp3) is 0.727. The van der Waals surface area contributed by atoms with Crippen molar-refractivity contribution >= 4 is 11.8 Å². The molecule has 6 atom stereocenters. The summed E-state index contributed by atoms with van der Waals surface area (Å²) in [4.78, 5) is 23.5. The lowest BCUT2D eigenvalue weighted by atomic mass is 9.50. The van der Waals surface area contributed by atoms with E-state index < -0.39 is 5.60 Å². The van der Waals surface area contributed by atoms with Crippen molar-refractivity contribution in [2.24, 2.45) is 29.1 Å². The van der Waals surface area contributed by atoms with Crippen LogP contribution in [0.15, 0.2) is 11.6 Å². The number of rotatable bonds is 1. The Morgan fingerprint density at radius 3 is 2.72 bits per heavy atom. The monoisotopic (exact) mass is 340 g/mol. The molecule has 0 unspecified atom stereocenters. The number of ether oxygens (including phenoxy) is 1. The van der Waals surface area contributed by atoms with Gasteiger partial charge in [-0.25, -0.2) is 0 Å². The Kier molecular flexibility index (Phi) is 3.87. The average molecular weight is 340 g/mol. The summed E-state index contributed by atoms with van der Waals surface area (Å²) in [6.07, 6.45) is 15.8. The normalized spacial score (nSPS) is 45.5. The summed E-state index contributed by atoms with van der Waals surface area (Å²) < 4.78 is 5.79. The van der Waals surface area contributed by atoms with E-state index in [4.69, 9.17) is 11.2 Å². The molecule has 3 nitrogen and oxygen atoms in total. The van der Waals surface area contributed by atoms with E-state index in [-0.39, 0.29) is 11.4 Å². The highest BCUT2D eigenvalue weighted by molar-refractivity contribution is 5.91. The quantitative estimate of drug-likeness (QED) is 0.534. The van der Waals surface area contributed by atoms with Crippen molar-refractivity contribution in [2.45, 2.75) is 70.8 Å². The summed E-state index contributed by atoms with van der Waals surface area (Å²) in [5.74, 6) is 5.41. The Morgan fingerprint density at radius 2 is 2.00 bits per heavy atom. The van der Waals surface area contributed by atoms with Gasteiger partial charge in [0.1, 0.15) is 0 Å². The Labute approximate surface area is 150 Å². The predicted molar refractivity (Wildman–Crippen MR) is 95.4 cm³/mol. The molecule has 0 N–H and O–H groups in total. The summed E-state index contributed by atoms with van der Waals surface area (Å²) in [6, 6.07) is 0. The molecule has 134 valence electrons. The highest BCUT2D eigenvalue weighted by Crippen LogP contribution is 2.65. The molecule has 3 saturated carbocycles. The molecule has 0 aromatic heterocycles. The van der Waals surface area contributed by atoms with E-state index in [9.17, 15) is 9.59 Å². The first kappa shape index (κ1) is 16.9. The summed E-state index contributed by atoms with van der Waals surface area (Å²) >= 11 is 0. The van der Waals surface area contributed by atoms with Crippen molar-refractivity contribution in [3.8, 4) is 12.3 Å². The second-order valence-electron chi connectivity index (χ2n) is 8.86. The first-order valence-corrected chi connectivity index (χ1v) is 9.81. The van der Waals surface area contributed by atoms with Crippen LogP contribution in [0.2, 0.25) is 0 Å². The summed E-state index contributed by atoms with van der Waals surface area (Å²) in [7, 11) is 0. The molecule has 0 aliphatic heterocycles. The van der Waals surface area contributed by atoms with Crippen LogP contribution in [0, 0.1) is 41.4 Å². The zero-order chi connectivity index (χ0) is 17.8.